The Labute approximate surface area is 282 Å². The van der Waals surface area contributed by atoms with Gasteiger partial charge in [0.25, 0.3) is 0 Å². The molecule has 4 amide bonds. The Kier molecular flexibility index (Phi) is 21.1. The molecule has 18 heteroatoms. The highest BCUT2D eigenvalue weighted by molar-refractivity contribution is 5.88. The number of aliphatic carboxylic acids is 4. The van der Waals surface area contributed by atoms with Crippen LogP contribution in [0.15, 0.2) is 0 Å². The third-order valence-corrected chi connectivity index (χ3v) is 7.66. The predicted molar refractivity (Wildman–Crippen MR) is 168 cm³/mol. The Balaban J connectivity index is 4.79. The minimum absolute atomic E-state index is 0.219. The zero-order chi connectivity index (χ0) is 37.7. The number of carboxylic acids is 4. The molecule has 0 heterocycles. The Morgan fingerprint density at radius 1 is 0.571 bits per heavy atom. The summed E-state index contributed by atoms with van der Waals surface area (Å²) in [6, 6.07) is -2.97. The second kappa shape index (κ2) is 23.4. The number of unbranched alkanes of at least 4 members (excludes halogenated alkanes) is 1. The van der Waals surface area contributed by atoms with Gasteiger partial charge < -0.3 is 46.9 Å². The molecule has 0 rings (SSSR count). The largest absolute Gasteiger partial charge is 0.481 e. The first-order chi connectivity index (χ1) is 22.8. The quantitative estimate of drug-likeness (QED) is 0.0498. The van der Waals surface area contributed by atoms with Crippen molar-refractivity contribution in [3.8, 4) is 0 Å². The van der Waals surface area contributed by atoms with Gasteiger partial charge in [-0.3, -0.25) is 33.6 Å². The van der Waals surface area contributed by atoms with E-state index in [1.807, 2.05) is 0 Å². The number of carbonyl (C=O) groups is 10. The van der Waals surface area contributed by atoms with Crippen molar-refractivity contribution in [1.82, 2.24) is 16.0 Å². The highest BCUT2D eigenvalue weighted by Crippen LogP contribution is 2.16. The van der Waals surface area contributed by atoms with E-state index in [1.54, 1.807) is 6.92 Å². The first-order valence-electron chi connectivity index (χ1n) is 15.9. The molecule has 0 aromatic carbocycles. The van der Waals surface area contributed by atoms with Gasteiger partial charge in [0, 0.05) is 51.0 Å². The second-order valence-corrected chi connectivity index (χ2v) is 11.9. The molecule has 276 valence electrons. The summed E-state index contributed by atoms with van der Waals surface area (Å²) in [4.78, 5) is 118. The topological polar surface area (TPSA) is 314 Å². The van der Waals surface area contributed by atoms with Crippen molar-refractivity contribution in [3.05, 3.63) is 0 Å². The zero-order valence-corrected chi connectivity index (χ0v) is 27.7. The average molecular weight is 701 g/mol. The highest BCUT2D eigenvalue weighted by atomic mass is 16.4. The first kappa shape index (κ1) is 44.1. The molecule has 5 atom stereocenters. The normalized spacial score (nSPS) is 13.8. The molecular weight excluding hydrogens is 652 g/mol. The van der Waals surface area contributed by atoms with Gasteiger partial charge in [0.2, 0.25) is 23.6 Å². The van der Waals surface area contributed by atoms with Crippen LogP contribution >= 0.6 is 0 Å². The van der Waals surface area contributed by atoms with Crippen molar-refractivity contribution in [2.75, 3.05) is 6.54 Å². The molecule has 0 fully saturated rings. The van der Waals surface area contributed by atoms with Crippen LogP contribution < -0.4 is 21.7 Å². The van der Waals surface area contributed by atoms with Crippen molar-refractivity contribution in [2.45, 2.75) is 109 Å². The fraction of sp³-hybridized carbons (Fsp3) is 0.677. The molecule has 9 N–H and O–H groups in total. The molecule has 0 spiro atoms. The van der Waals surface area contributed by atoms with Gasteiger partial charge in [-0.05, 0) is 45.4 Å². The maximum Gasteiger partial charge on any atom is 0.326 e. The average Bonchev–Trinajstić information content (AvgIpc) is 3.00. The molecular formula is C31H48N4O14. The van der Waals surface area contributed by atoms with E-state index in [2.05, 4.69) is 16.0 Å². The van der Waals surface area contributed by atoms with Gasteiger partial charge in [-0.1, -0.05) is 13.3 Å². The van der Waals surface area contributed by atoms with Crippen LogP contribution in [0.2, 0.25) is 0 Å². The smallest absolute Gasteiger partial charge is 0.326 e. The molecule has 0 aliphatic rings. The molecule has 49 heavy (non-hydrogen) atoms. The molecule has 0 radical (unpaired) electrons. The lowest BCUT2D eigenvalue weighted by atomic mass is 9.94. The predicted octanol–water partition coefficient (Wildman–Crippen LogP) is -0.00620. The number of ketones is 2. The molecule has 0 bridgehead atoms. The first-order valence-corrected chi connectivity index (χ1v) is 15.9. The maximum atomic E-state index is 12.5. The molecule has 0 saturated heterocycles. The Bertz CT molecular complexity index is 1220. The van der Waals surface area contributed by atoms with Crippen LogP contribution in [0, 0.1) is 17.8 Å². The van der Waals surface area contributed by atoms with E-state index in [-0.39, 0.29) is 44.4 Å². The van der Waals surface area contributed by atoms with E-state index in [1.165, 1.54) is 6.92 Å². The van der Waals surface area contributed by atoms with Crippen molar-refractivity contribution in [2.24, 2.45) is 23.5 Å². The molecule has 0 aromatic heterocycles. The number of amides is 4. The summed E-state index contributed by atoms with van der Waals surface area (Å²) >= 11 is 0. The summed E-state index contributed by atoms with van der Waals surface area (Å²) < 4.78 is 0. The van der Waals surface area contributed by atoms with Gasteiger partial charge >= 0.3 is 23.9 Å². The van der Waals surface area contributed by atoms with Gasteiger partial charge in [0.15, 0.2) is 0 Å². The molecule has 18 nitrogen and oxygen atoms in total. The van der Waals surface area contributed by atoms with E-state index in [0.29, 0.717) is 25.8 Å². The van der Waals surface area contributed by atoms with Crippen molar-refractivity contribution >= 4 is 59.1 Å². The van der Waals surface area contributed by atoms with E-state index in [9.17, 15) is 63.3 Å². The highest BCUT2D eigenvalue weighted by Gasteiger charge is 2.27. The summed E-state index contributed by atoms with van der Waals surface area (Å²) in [6.45, 7) is 3.19. The molecule has 0 saturated carbocycles. The lowest BCUT2D eigenvalue weighted by molar-refractivity contribution is -0.145. The number of nitrogens with one attached hydrogen (secondary N) is 3. The third kappa shape index (κ3) is 20.8. The molecule has 0 aliphatic heterocycles. The minimum Gasteiger partial charge on any atom is -0.481 e. The number of carbonyl (C=O) groups excluding carboxylic acids is 6. The molecule has 0 aliphatic carbocycles. The molecule has 0 aromatic rings. The fourth-order valence-electron chi connectivity index (χ4n) is 4.62. The van der Waals surface area contributed by atoms with Crippen molar-refractivity contribution in [1.29, 1.82) is 0 Å². The van der Waals surface area contributed by atoms with Crippen LogP contribution in [-0.4, -0.2) is 98.1 Å². The number of carboxylic acid groups (broad SMARTS) is 4. The van der Waals surface area contributed by atoms with Gasteiger partial charge in [0.05, 0.1) is 11.8 Å². The third-order valence-electron chi connectivity index (χ3n) is 7.66. The van der Waals surface area contributed by atoms with Crippen molar-refractivity contribution < 1.29 is 68.4 Å². The Morgan fingerprint density at radius 3 is 1.45 bits per heavy atom. The zero-order valence-electron chi connectivity index (χ0n) is 27.7. The lowest BCUT2D eigenvalue weighted by Crippen LogP contribution is -2.42. The summed E-state index contributed by atoms with van der Waals surface area (Å²) in [7, 11) is 0. The monoisotopic (exact) mass is 700 g/mol. The number of rotatable bonds is 28. The van der Waals surface area contributed by atoms with Crippen molar-refractivity contribution in [3.63, 3.8) is 0 Å². The fourth-order valence-corrected chi connectivity index (χ4v) is 4.62. The molecule has 0 unspecified atom stereocenters. The van der Waals surface area contributed by atoms with E-state index < -0.39 is 109 Å². The van der Waals surface area contributed by atoms with Gasteiger partial charge in [-0.2, -0.15) is 0 Å². The van der Waals surface area contributed by atoms with Crippen LogP contribution in [-0.2, 0) is 47.9 Å². The summed E-state index contributed by atoms with van der Waals surface area (Å²) in [6.07, 6.45) is -1.81. The number of Topliss-reactive ketones (excluding diaryl/α,β-unsaturated/α-hetero) is 2. The second-order valence-electron chi connectivity index (χ2n) is 11.9. The minimum atomic E-state index is -1.53. The Hall–Kier alpha value is -4.90. The van der Waals surface area contributed by atoms with Gasteiger partial charge in [-0.25, -0.2) is 9.59 Å². The SMILES string of the molecule is CC(=O)C[C@@H](CCC(=O)N[C@@H](CCC(=O)C[C@@H](CCC(=O)N[C@@H](CCC(=O)NCCCC[C@H](C)C(N)=O)C(=O)O)C(=O)O)C(=O)O)C(=O)O. The van der Waals surface area contributed by atoms with E-state index in [0.717, 1.165) is 0 Å². The van der Waals surface area contributed by atoms with Crippen LogP contribution in [0.4, 0.5) is 0 Å². The standard InChI is InChI=1S/C31H48N4O14/c1-17(27(32)41)5-3-4-14-33-24(38)13-10-23(31(48)49)35-26(40)12-7-20(29(44)45)16-21(37)8-9-22(30(46)47)34-25(39)11-6-19(28(42)43)15-18(2)36/h17,19-20,22-23H,3-16H2,1-2H3,(H2,32,41)(H,33,38)(H,34,39)(H,35,40)(H,42,43)(H,44,45)(H,46,47)(H,48,49)/t17-,19+,20+,22-,23-/m0/s1. The lowest BCUT2D eigenvalue weighted by Gasteiger charge is -2.17. The van der Waals surface area contributed by atoms with Crippen LogP contribution in [0.5, 0.6) is 0 Å². The van der Waals surface area contributed by atoms with Gasteiger partial charge in [-0.15, -0.1) is 0 Å². The number of hydrogen-bond acceptors (Lipinski definition) is 10. The van der Waals surface area contributed by atoms with Crippen LogP contribution in [0.25, 0.3) is 0 Å². The van der Waals surface area contributed by atoms with Crippen LogP contribution in [0.3, 0.4) is 0 Å². The van der Waals surface area contributed by atoms with Crippen LogP contribution in [0.1, 0.15) is 97.3 Å². The number of nitrogens with two attached hydrogens (primary N) is 1. The van der Waals surface area contributed by atoms with E-state index in [4.69, 9.17) is 10.8 Å². The summed E-state index contributed by atoms with van der Waals surface area (Å²) in [5.74, 6) is -11.9. The number of primary amides is 1. The number of hydrogen-bond donors (Lipinski definition) is 8. The summed E-state index contributed by atoms with van der Waals surface area (Å²) in [5.41, 5.74) is 5.19. The summed E-state index contributed by atoms with van der Waals surface area (Å²) in [5, 5.41) is 44.6. The Morgan fingerprint density at radius 2 is 1.02 bits per heavy atom. The van der Waals surface area contributed by atoms with E-state index >= 15 is 0 Å². The van der Waals surface area contributed by atoms with Gasteiger partial charge in [0.1, 0.15) is 23.7 Å². The maximum absolute atomic E-state index is 12.5.